The van der Waals surface area contributed by atoms with Gasteiger partial charge in [-0.1, -0.05) is 50.9 Å². The second-order valence-corrected chi connectivity index (χ2v) is 14.2. The predicted octanol–water partition coefficient (Wildman–Crippen LogP) is 9.51. The number of thioether (sulfide) groups is 1. The van der Waals surface area contributed by atoms with Crippen molar-refractivity contribution in [3.63, 3.8) is 0 Å². The van der Waals surface area contributed by atoms with Crippen molar-refractivity contribution in [2.75, 3.05) is 6.54 Å². The van der Waals surface area contributed by atoms with Crippen LogP contribution in [-0.2, 0) is 0 Å². The van der Waals surface area contributed by atoms with Gasteiger partial charge in [0.15, 0.2) is 0 Å². The summed E-state index contributed by atoms with van der Waals surface area (Å²) in [5, 5.41) is 17.6. The second-order valence-electron chi connectivity index (χ2n) is 11.9. The van der Waals surface area contributed by atoms with E-state index in [-0.39, 0.29) is 5.57 Å². The number of nitrogens with zero attached hydrogens (tertiary/aromatic N) is 2. The Labute approximate surface area is 276 Å². The van der Waals surface area contributed by atoms with Crippen LogP contribution in [0.3, 0.4) is 0 Å². The minimum atomic E-state index is -0.982. The van der Waals surface area contributed by atoms with Crippen molar-refractivity contribution in [1.82, 2.24) is 20.5 Å². The van der Waals surface area contributed by atoms with Gasteiger partial charge in [0, 0.05) is 23.2 Å². The number of rotatable bonds is 10. The van der Waals surface area contributed by atoms with E-state index in [9.17, 15) is 18.7 Å². The number of aromatic nitrogens is 1. The van der Waals surface area contributed by atoms with Crippen LogP contribution in [0.2, 0.25) is 0 Å². The maximum Gasteiger partial charge on any atom is 0.324 e. The number of aliphatic hydroxyl groups is 1. The van der Waals surface area contributed by atoms with Crippen molar-refractivity contribution in [2.24, 2.45) is 5.41 Å². The molecule has 0 spiro atoms. The van der Waals surface area contributed by atoms with E-state index in [0.29, 0.717) is 56.6 Å². The average Bonchev–Trinajstić information content (AvgIpc) is 3.49. The number of hydrogen-bond acceptors (Lipinski definition) is 6. The Morgan fingerprint density at radius 1 is 1.22 bits per heavy atom. The maximum absolute atomic E-state index is 15.6. The lowest BCUT2D eigenvalue weighted by Crippen LogP contribution is -2.37. The predicted molar refractivity (Wildman–Crippen MR) is 184 cm³/mol. The first-order valence-electron chi connectivity index (χ1n) is 14.8. The molecule has 1 atom stereocenters. The van der Waals surface area contributed by atoms with Gasteiger partial charge in [0.05, 0.1) is 32.7 Å². The van der Waals surface area contributed by atoms with Gasteiger partial charge in [-0.3, -0.25) is 0 Å². The van der Waals surface area contributed by atoms with Gasteiger partial charge in [0.1, 0.15) is 22.5 Å². The summed E-state index contributed by atoms with van der Waals surface area (Å²) in [6, 6.07) is 3.77. The zero-order valence-electron chi connectivity index (χ0n) is 26.9. The van der Waals surface area contributed by atoms with Crippen LogP contribution in [0.15, 0.2) is 105 Å². The molecule has 46 heavy (non-hydrogen) atoms. The van der Waals surface area contributed by atoms with Crippen molar-refractivity contribution >= 4 is 44.9 Å². The lowest BCUT2D eigenvalue weighted by molar-refractivity contribution is 0.192. The molecule has 1 unspecified atom stereocenters. The summed E-state index contributed by atoms with van der Waals surface area (Å²) in [5.41, 5.74) is 3.47. The largest absolute Gasteiger partial charge is 0.387 e. The van der Waals surface area contributed by atoms with Gasteiger partial charge in [-0.25, -0.2) is 22.9 Å². The number of halogens is 3. The fourth-order valence-electron chi connectivity index (χ4n) is 5.56. The number of allylic oxidation sites excluding steroid dienone is 10. The Bertz CT molecular complexity index is 1770. The Morgan fingerprint density at radius 3 is 2.59 bits per heavy atom. The van der Waals surface area contributed by atoms with Crippen LogP contribution in [0.1, 0.15) is 59.4 Å². The molecular weight excluding hydrogens is 630 g/mol. The zero-order chi connectivity index (χ0) is 33.9. The summed E-state index contributed by atoms with van der Waals surface area (Å²) in [7, 11) is 0. The summed E-state index contributed by atoms with van der Waals surface area (Å²) in [6.45, 7) is 18.2. The molecule has 2 heterocycles. The third-order valence-corrected chi connectivity index (χ3v) is 9.66. The topological polar surface area (TPSA) is 77.5 Å². The van der Waals surface area contributed by atoms with E-state index in [1.54, 1.807) is 19.1 Å². The van der Waals surface area contributed by atoms with Gasteiger partial charge in [-0.05, 0) is 86.9 Å². The molecule has 2 aromatic rings. The van der Waals surface area contributed by atoms with Crippen LogP contribution in [0.5, 0.6) is 0 Å². The molecule has 2 amide bonds. The van der Waals surface area contributed by atoms with Crippen molar-refractivity contribution in [1.29, 1.82) is 0 Å². The highest BCUT2D eigenvalue weighted by Crippen LogP contribution is 2.51. The van der Waals surface area contributed by atoms with Gasteiger partial charge < -0.3 is 20.6 Å². The number of thiazole rings is 1. The fourth-order valence-corrected chi connectivity index (χ4v) is 7.39. The van der Waals surface area contributed by atoms with E-state index in [0.717, 1.165) is 16.2 Å². The van der Waals surface area contributed by atoms with Crippen LogP contribution in [-0.4, -0.2) is 33.7 Å². The Hall–Kier alpha value is -3.80. The third kappa shape index (κ3) is 7.94. The maximum atomic E-state index is 15.6. The molecule has 6 nitrogen and oxygen atoms in total. The molecule has 1 aliphatic heterocycles. The first kappa shape index (κ1) is 35.1. The Kier molecular flexibility index (Phi) is 10.9. The van der Waals surface area contributed by atoms with Gasteiger partial charge in [-0.2, -0.15) is 0 Å². The molecule has 1 aromatic heterocycles. The van der Waals surface area contributed by atoms with E-state index in [2.05, 4.69) is 28.8 Å². The summed E-state index contributed by atoms with van der Waals surface area (Å²) in [6.07, 6.45) is 6.94. The normalized spacial score (nSPS) is 18.3. The molecule has 0 radical (unpaired) electrons. The quantitative estimate of drug-likeness (QED) is 0.220. The summed E-state index contributed by atoms with van der Waals surface area (Å²) < 4.78 is 43.1. The van der Waals surface area contributed by atoms with Crippen LogP contribution in [0, 0.1) is 11.2 Å². The standard InChI is InChI=1S/C35H39F3N4O2S2/c1-19(13-14-20(2)36)23(5)45-24(6)39-34(44)41-26-11-9-10-12-28(26)42-18-35(7,8)31(32(42)22(4)43)30(21(3)37)33-40-27-16-15-25(38)17-29(27)46-33/h9,11,13-17,22,43H,2,6,10,12,18H2,1,3-5,7-8H3,(H2,39,41,44)/b14-13-,23-19+,30-21-. The number of amides is 2. The van der Waals surface area contributed by atoms with Gasteiger partial charge in [-0.15, -0.1) is 11.3 Å². The summed E-state index contributed by atoms with van der Waals surface area (Å²) >= 11 is 2.45. The van der Waals surface area contributed by atoms with Crippen molar-refractivity contribution in [2.45, 2.75) is 60.5 Å². The minimum absolute atomic E-state index is 0.280. The molecule has 4 rings (SSSR count). The Balaban J connectivity index is 1.68. The minimum Gasteiger partial charge on any atom is -0.387 e. The van der Waals surface area contributed by atoms with Crippen molar-refractivity contribution < 1.29 is 23.1 Å². The van der Waals surface area contributed by atoms with E-state index >= 15 is 4.39 Å². The Morgan fingerprint density at radius 2 is 1.93 bits per heavy atom. The SMILES string of the molecule is C=C(F)/C=C\C(C)=C(/C)SC(=C)NC(=O)NC1=C(N2CC(C)(C)C(/C(=C(\C)F)c3nc4ccc(F)cc4s3)=C2C(C)O)CCC=C1. The molecule has 11 heteroatoms. The molecule has 0 fully saturated rings. The highest BCUT2D eigenvalue weighted by molar-refractivity contribution is 8.06. The van der Waals surface area contributed by atoms with E-state index < -0.39 is 35.0 Å². The number of benzene rings is 1. The zero-order valence-corrected chi connectivity index (χ0v) is 28.5. The molecule has 1 aliphatic carbocycles. The lowest BCUT2D eigenvalue weighted by atomic mass is 9.80. The van der Waals surface area contributed by atoms with Crippen LogP contribution < -0.4 is 10.6 Å². The number of carbonyl (C=O) groups is 1. The number of hydrogen-bond donors (Lipinski definition) is 3. The molecule has 2 aliphatic rings. The first-order chi connectivity index (χ1) is 21.6. The monoisotopic (exact) mass is 668 g/mol. The molecule has 0 saturated carbocycles. The number of aliphatic hydroxyl groups excluding tert-OH is 1. The fraction of sp³-hybridized carbons (Fsp3) is 0.314. The average molecular weight is 669 g/mol. The highest BCUT2D eigenvalue weighted by Gasteiger charge is 2.44. The summed E-state index contributed by atoms with van der Waals surface area (Å²) in [4.78, 5) is 20.6. The number of nitrogens with one attached hydrogen (secondary N) is 2. The van der Waals surface area contributed by atoms with Gasteiger partial charge in [0.2, 0.25) is 0 Å². The van der Waals surface area contributed by atoms with Crippen molar-refractivity contribution in [3.05, 3.63) is 116 Å². The molecule has 244 valence electrons. The van der Waals surface area contributed by atoms with Gasteiger partial charge >= 0.3 is 6.03 Å². The second kappa shape index (κ2) is 14.3. The number of carbonyl (C=O) groups excluding carboxylic acids is 1. The highest BCUT2D eigenvalue weighted by atomic mass is 32.2. The number of fused-ring (bicyclic) bond motifs is 1. The molecule has 0 bridgehead atoms. The smallest absolute Gasteiger partial charge is 0.324 e. The van der Waals surface area contributed by atoms with E-state index in [1.165, 1.54) is 48.2 Å². The molecule has 3 N–H and O–H groups in total. The van der Waals surface area contributed by atoms with Crippen molar-refractivity contribution in [3.8, 4) is 0 Å². The van der Waals surface area contributed by atoms with E-state index in [1.807, 2.05) is 44.7 Å². The summed E-state index contributed by atoms with van der Waals surface area (Å²) in [5.74, 6) is -1.41. The number of urea groups is 1. The lowest BCUT2D eigenvalue weighted by Gasteiger charge is -2.31. The van der Waals surface area contributed by atoms with Gasteiger partial charge in [0.25, 0.3) is 0 Å². The van der Waals surface area contributed by atoms with Crippen LogP contribution in [0.4, 0.5) is 18.0 Å². The van der Waals surface area contributed by atoms with E-state index in [4.69, 9.17) is 0 Å². The molecule has 1 aromatic carbocycles. The first-order valence-corrected chi connectivity index (χ1v) is 16.4. The van der Waals surface area contributed by atoms with Crippen LogP contribution >= 0.6 is 23.1 Å². The van der Waals surface area contributed by atoms with Crippen LogP contribution in [0.25, 0.3) is 15.8 Å². The molecule has 0 saturated heterocycles. The third-order valence-electron chi connectivity index (χ3n) is 7.65. The molecular formula is C35H39F3N4O2S2.